The van der Waals surface area contributed by atoms with Crippen LogP contribution in [0.2, 0.25) is 0 Å². The van der Waals surface area contributed by atoms with E-state index in [0.29, 0.717) is 6.04 Å². The second-order valence-electron chi connectivity index (χ2n) is 5.99. The lowest BCUT2D eigenvalue weighted by Gasteiger charge is -2.23. The highest BCUT2D eigenvalue weighted by molar-refractivity contribution is 7.99. The molecule has 1 atom stereocenters. The van der Waals surface area contributed by atoms with Crippen LogP contribution in [0.4, 0.5) is 0 Å². The minimum Gasteiger partial charge on any atom is -0.309 e. The molecule has 0 radical (unpaired) electrons. The summed E-state index contributed by atoms with van der Waals surface area (Å²) in [6.45, 7) is 3.55. The van der Waals surface area contributed by atoms with E-state index in [0.717, 1.165) is 5.92 Å². The molecule has 3 heteroatoms. The summed E-state index contributed by atoms with van der Waals surface area (Å²) in [4.78, 5) is 3.24. The van der Waals surface area contributed by atoms with Crippen molar-refractivity contribution in [1.82, 2.24) is 5.32 Å². The van der Waals surface area contributed by atoms with Crippen molar-refractivity contribution in [2.45, 2.75) is 51.5 Å². The number of fused-ring (bicyclic) bond motifs is 1. The van der Waals surface area contributed by atoms with Crippen molar-refractivity contribution < 1.29 is 0 Å². The maximum absolute atomic E-state index is 3.78. The molecule has 0 saturated carbocycles. The van der Waals surface area contributed by atoms with Gasteiger partial charge in [-0.15, -0.1) is 11.3 Å². The Bertz CT molecular complexity index is 383. The molecule has 1 aromatic heterocycles. The van der Waals surface area contributed by atoms with Gasteiger partial charge < -0.3 is 5.32 Å². The third-order valence-electron chi connectivity index (χ3n) is 4.50. The molecule has 0 bridgehead atoms. The van der Waals surface area contributed by atoms with Crippen LogP contribution in [0.15, 0.2) is 6.07 Å². The van der Waals surface area contributed by atoms with Gasteiger partial charge in [-0.05, 0) is 81.0 Å². The van der Waals surface area contributed by atoms with Crippen molar-refractivity contribution in [2.24, 2.45) is 5.92 Å². The predicted octanol–water partition coefficient (Wildman–Crippen LogP) is 4.42. The quantitative estimate of drug-likeness (QED) is 0.882. The first kappa shape index (κ1) is 14.0. The van der Waals surface area contributed by atoms with E-state index in [2.05, 4.69) is 41.4 Å². The van der Waals surface area contributed by atoms with Crippen molar-refractivity contribution in [3.8, 4) is 0 Å². The van der Waals surface area contributed by atoms with Crippen LogP contribution in [0.3, 0.4) is 0 Å². The van der Waals surface area contributed by atoms with Crippen molar-refractivity contribution >= 4 is 23.1 Å². The number of hydrogen-bond donors (Lipinski definition) is 1. The molecule has 0 aromatic carbocycles. The summed E-state index contributed by atoms with van der Waals surface area (Å²) in [6.07, 6.45) is 8.25. The van der Waals surface area contributed by atoms with E-state index in [9.17, 15) is 0 Å². The molecular formula is C16H25NS2. The highest BCUT2D eigenvalue weighted by Crippen LogP contribution is 2.33. The lowest BCUT2D eigenvalue weighted by molar-refractivity contribution is 0.423. The Morgan fingerprint density at radius 3 is 2.84 bits per heavy atom. The van der Waals surface area contributed by atoms with Gasteiger partial charge in [-0.1, -0.05) is 0 Å². The Balaban J connectivity index is 1.54. The Morgan fingerprint density at radius 2 is 2.05 bits per heavy atom. The molecule has 1 aliphatic heterocycles. The SMILES string of the molecule is CC(NCC1CCSCC1)c1cc2c(s1)CCCC2. The molecule has 1 aromatic rings. The van der Waals surface area contributed by atoms with Crippen LogP contribution in [0, 0.1) is 5.92 Å². The summed E-state index contributed by atoms with van der Waals surface area (Å²) in [5, 5.41) is 3.78. The van der Waals surface area contributed by atoms with E-state index in [1.807, 2.05) is 0 Å². The highest BCUT2D eigenvalue weighted by Gasteiger charge is 2.18. The third kappa shape index (κ3) is 3.56. The van der Waals surface area contributed by atoms with Gasteiger partial charge in [0.1, 0.15) is 0 Å². The zero-order valence-electron chi connectivity index (χ0n) is 11.9. The molecule has 1 fully saturated rings. The number of thioether (sulfide) groups is 1. The van der Waals surface area contributed by atoms with Gasteiger partial charge in [-0.25, -0.2) is 0 Å². The first-order chi connectivity index (χ1) is 9.33. The Labute approximate surface area is 125 Å². The maximum Gasteiger partial charge on any atom is 0.0386 e. The molecular weight excluding hydrogens is 270 g/mol. The topological polar surface area (TPSA) is 12.0 Å². The zero-order valence-corrected chi connectivity index (χ0v) is 13.5. The molecule has 19 heavy (non-hydrogen) atoms. The van der Waals surface area contributed by atoms with E-state index in [-0.39, 0.29) is 0 Å². The summed E-state index contributed by atoms with van der Waals surface area (Å²) < 4.78 is 0. The van der Waals surface area contributed by atoms with Gasteiger partial charge in [-0.3, -0.25) is 0 Å². The second-order valence-corrected chi connectivity index (χ2v) is 8.38. The lowest BCUT2D eigenvalue weighted by atomic mass is 9.98. The normalized spacial score (nSPS) is 22.2. The summed E-state index contributed by atoms with van der Waals surface area (Å²) in [7, 11) is 0. The number of thiophene rings is 1. The Hall–Kier alpha value is 0.01000. The molecule has 1 nitrogen and oxygen atoms in total. The van der Waals surface area contributed by atoms with Crippen LogP contribution < -0.4 is 5.32 Å². The van der Waals surface area contributed by atoms with Crippen LogP contribution in [0.1, 0.15) is 54.0 Å². The van der Waals surface area contributed by atoms with Gasteiger partial charge in [-0.2, -0.15) is 11.8 Å². The van der Waals surface area contributed by atoms with Crippen molar-refractivity contribution in [3.05, 3.63) is 21.4 Å². The number of aryl methyl sites for hydroxylation is 2. The fourth-order valence-electron chi connectivity index (χ4n) is 3.12. The molecule has 1 saturated heterocycles. The lowest BCUT2D eigenvalue weighted by Crippen LogP contribution is -2.27. The van der Waals surface area contributed by atoms with Gasteiger partial charge in [0.25, 0.3) is 0 Å². The molecule has 2 aliphatic rings. The first-order valence-electron chi connectivity index (χ1n) is 7.75. The summed E-state index contributed by atoms with van der Waals surface area (Å²) in [5.74, 6) is 3.65. The Morgan fingerprint density at radius 1 is 1.26 bits per heavy atom. The average Bonchev–Trinajstić information content (AvgIpc) is 2.90. The second kappa shape index (κ2) is 6.64. The predicted molar refractivity (Wildman–Crippen MR) is 87.4 cm³/mol. The van der Waals surface area contributed by atoms with E-state index < -0.39 is 0 Å². The fourth-order valence-corrected chi connectivity index (χ4v) is 5.61. The molecule has 0 amide bonds. The van der Waals surface area contributed by atoms with Gasteiger partial charge in [0.15, 0.2) is 0 Å². The van der Waals surface area contributed by atoms with Gasteiger partial charge in [0, 0.05) is 15.8 Å². The average molecular weight is 296 g/mol. The largest absolute Gasteiger partial charge is 0.309 e. The molecule has 1 N–H and O–H groups in total. The summed E-state index contributed by atoms with van der Waals surface area (Å²) >= 11 is 4.19. The maximum atomic E-state index is 3.78. The molecule has 1 unspecified atom stereocenters. The van der Waals surface area contributed by atoms with E-state index in [1.54, 1.807) is 15.3 Å². The van der Waals surface area contributed by atoms with Crippen molar-refractivity contribution in [1.29, 1.82) is 0 Å². The van der Waals surface area contributed by atoms with Crippen LogP contribution in [-0.2, 0) is 12.8 Å². The first-order valence-corrected chi connectivity index (χ1v) is 9.72. The van der Waals surface area contributed by atoms with Crippen LogP contribution in [0.5, 0.6) is 0 Å². The number of hydrogen-bond acceptors (Lipinski definition) is 3. The number of nitrogens with one attached hydrogen (secondary N) is 1. The molecule has 3 rings (SSSR count). The smallest absolute Gasteiger partial charge is 0.0386 e. The summed E-state index contributed by atoms with van der Waals surface area (Å²) in [5.41, 5.74) is 1.65. The van der Waals surface area contributed by atoms with Gasteiger partial charge >= 0.3 is 0 Å². The van der Waals surface area contributed by atoms with E-state index in [4.69, 9.17) is 0 Å². The van der Waals surface area contributed by atoms with Crippen molar-refractivity contribution in [3.63, 3.8) is 0 Å². The number of rotatable bonds is 4. The van der Waals surface area contributed by atoms with Gasteiger partial charge in [0.05, 0.1) is 0 Å². The van der Waals surface area contributed by atoms with Gasteiger partial charge in [0.2, 0.25) is 0 Å². The van der Waals surface area contributed by atoms with E-state index >= 15 is 0 Å². The van der Waals surface area contributed by atoms with Crippen LogP contribution >= 0.6 is 23.1 Å². The third-order valence-corrected chi connectivity index (χ3v) is 6.96. The molecule has 1 aliphatic carbocycles. The zero-order chi connectivity index (χ0) is 13.1. The van der Waals surface area contributed by atoms with Crippen LogP contribution in [-0.4, -0.2) is 18.1 Å². The van der Waals surface area contributed by atoms with Crippen LogP contribution in [0.25, 0.3) is 0 Å². The molecule has 2 heterocycles. The summed E-state index contributed by atoms with van der Waals surface area (Å²) in [6, 6.07) is 3.03. The van der Waals surface area contributed by atoms with E-state index in [1.165, 1.54) is 56.6 Å². The highest BCUT2D eigenvalue weighted by atomic mass is 32.2. The fraction of sp³-hybridized carbons (Fsp3) is 0.750. The van der Waals surface area contributed by atoms with Crippen molar-refractivity contribution in [2.75, 3.05) is 18.1 Å². The Kier molecular flexibility index (Phi) is 4.88. The molecule has 106 valence electrons. The minimum atomic E-state index is 0.546. The minimum absolute atomic E-state index is 0.546. The monoisotopic (exact) mass is 295 g/mol. The standard InChI is InChI=1S/C16H25NS2/c1-12(17-11-13-6-8-18-9-7-13)16-10-14-4-2-3-5-15(14)19-16/h10,12-13,17H,2-9,11H2,1H3. The molecule has 0 spiro atoms.